The standard InChI is InChI=1S/C19H28N2O2S3/c1-20(19(23)17-14-24-11-12-26-17)13-15-5-2-3-9-21(15)18(22)8-7-16-6-4-10-25-16/h4,6,10,15,17H,2-3,5,7-9,11-14H2,1H3/t15-,17?/m0/s1. The van der Waals surface area contributed by atoms with Crippen LogP contribution >= 0.6 is 34.9 Å². The Morgan fingerprint density at radius 1 is 1.31 bits per heavy atom. The van der Waals surface area contributed by atoms with Gasteiger partial charge in [-0.3, -0.25) is 9.59 Å². The van der Waals surface area contributed by atoms with Crippen LogP contribution in [0.15, 0.2) is 17.5 Å². The van der Waals surface area contributed by atoms with Crippen molar-refractivity contribution in [2.24, 2.45) is 0 Å². The van der Waals surface area contributed by atoms with Crippen LogP contribution in [-0.4, -0.2) is 70.3 Å². The van der Waals surface area contributed by atoms with Gasteiger partial charge in [-0.2, -0.15) is 11.8 Å². The first kappa shape index (κ1) is 20.1. The normalized spacial score (nSPS) is 23.7. The topological polar surface area (TPSA) is 40.6 Å². The first-order valence-electron chi connectivity index (χ1n) is 9.41. The SMILES string of the molecule is CN(C[C@@H]1CCCCN1C(=O)CCc1cccs1)C(=O)C1CSCCS1. The van der Waals surface area contributed by atoms with Crippen LogP contribution in [0.25, 0.3) is 0 Å². The van der Waals surface area contributed by atoms with Crippen molar-refractivity contribution in [3.63, 3.8) is 0 Å². The molecule has 2 fully saturated rings. The van der Waals surface area contributed by atoms with E-state index in [1.807, 2.05) is 34.7 Å². The zero-order valence-electron chi connectivity index (χ0n) is 15.4. The third-order valence-electron chi connectivity index (χ3n) is 5.07. The Morgan fingerprint density at radius 3 is 2.92 bits per heavy atom. The molecule has 2 aliphatic heterocycles. The van der Waals surface area contributed by atoms with Gasteiger partial charge in [-0.15, -0.1) is 23.1 Å². The number of aryl methyl sites for hydroxylation is 1. The van der Waals surface area contributed by atoms with E-state index in [0.29, 0.717) is 13.0 Å². The number of thioether (sulfide) groups is 2. The van der Waals surface area contributed by atoms with E-state index in [4.69, 9.17) is 0 Å². The average Bonchev–Trinajstić information content (AvgIpc) is 3.20. The van der Waals surface area contributed by atoms with Gasteiger partial charge in [0.25, 0.3) is 0 Å². The third-order valence-corrected chi connectivity index (χ3v) is 8.74. The highest BCUT2D eigenvalue weighted by Crippen LogP contribution is 2.26. The van der Waals surface area contributed by atoms with Gasteiger partial charge in [-0.05, 0) is 37.1 Å². The molecule has 7 heteroatoms. The summed E-state index contributed by atoms with van der Waals surface area (Å²) >= 11 is 5.37. The second kappa shape index (κ2) is 10.0. The molecule has 1 unspecified atom stereocenters. The minimum Gasteiger partial charge on any atom is -0.343 e. The molecule has 144 valence electrons. The van der Waals surface area contributed by atoms with Crippen LogP contribution in [0.4, 0.5) is 0 Å². The number of piperidine rings is 1. The Bertz CT molecular complexity index is 588. The predicted octanol–water partition coefficient (Wildman–Crippen LogP) is 3.37. The molecular weight excluding hydrogens is 384 g/mol. The quantitative estimate of drug-likeness (QED) is 0.718. The summed E-state index contributed by atoms with van der Waals surface area (Å²) in [5, 5.41) is 2.15. The molecule has 0 bridgehead atoms. The zero-order chi connectivity index (χ0) is 18.4. The van der Waals surface area contributed by atoms with Crippen LogP contribution in [0.5, 0.6) is 0 Å². The van der Waals surface area contributed by atoms with Gasteiger partial charge in [0, 0.05) is 54.7 Å². The van der Waals surface area contributed by atoms with Crippen molar-refractivity contribution < 1.29 is 9.59 Å². The molecule has 0 radical (unpaired) electrons. The van der Waals surface area contributed by atoms with Crippen molar-refractivity contribution in [3.8, 4) is 0 Å². The van der Waals surface area contributed by atoms with Gasteiger partial charge in [0.2, 0.25) is 11.8 Å². The number of likely N-dealkylation sites (tertiary alicyclic amines) is 1. The van der Waals surface area contributed by atoms with Gasteiger partial charge in [-0.25, -0.2) is 0 Å². The molecule has 2 saturated heterocycles. The van der Waals surface area contributed by atoms with E-state index in [-0.39, 0.29) is 23.1 Å². The van der Waals surface area contributed by atoms with Crippen molar-refractivity contribution in [3.05, 3.63) is 22.4 Å². The first-order chi connectivity index (χ1) is 12.6. The van der Waals surface area contributed by atoms with Crippen molar-refractivity contribution in [1.82, 2.24) is 9.80 Å². The third kappa shape index (κ3) is 5.42. The number of hydrogen-bond acceptors (Lipinski definition) is 5. The Morgan fingerprint density at radius 2 is 2.19 bits per heavy atom. The Labute approximate surface area is 169 Å². The number of likely N-dealkylation sites (N-methyl/N-ethyl adjacent to an activating group) is 1. The van der Waals surface area contributed by atoms with Gasteiger partial charge in [0.05, 0.1) is 5.25 Å². The summed E-state index contributed by atoms with van der Waals surface area (Å²) in [6.07, 6.45) is 4.63. The van der Waals surface area contributed by atoms with Crippen LogP contribution in [0, 0.1) is 0 Å². The summed E-state index contributed by atoms with van der Waals surface area (Å²) in [7, 11) is 1.91. The molecule has 3 heterocycles. The van der Waals surface area contributed by atoms with E-state index in [0.717, 1.165) is 49.5 Å². The molecule has 0 aliphatic carbocycles. The minimum absolute atomic E-state index is 0.0883. The van der Waals surface area contributed by atoms with Crippen LogP contribution in [0.3, 0.4) is 0 Å². The molecule has 1 aromatic rings. The summed E-state index contributed by atoms with van der Waals surface area (Å²) in [5.74, 6) is 3.60. The maximum absolute atomic E-state index is 12.8. The highest BCUT2D eigenvalue weighted by molar-refractivity contribution is 8.07. The summed E-state index contributed by atoms with van der Waals surface area (Å²) < 4.78 is 0. The molecule has 0 saturated carbocycles. The second-order valence-corrected chi connectivity index (χ2v) is 10.5. The molecule has 26 heavy (non-hydrogen) atoms. The predicted molar refractivity (Wildman–Crippen MR) is 113 cm³/mol. The number of hydrogen-bond donors (Lipinski definition) is 0. The van der Waals surface area contributed by atoms with E-state index >= 15 is 0 Å². The van der Waals surface area contributed by atoms with E-state index in [9.17, 15) is 9.59 Å². The summed E-state index contributed by atoms with van der Waals surface area (Å²) in [5.41, 5.74) is 0. The lowest BCUT2D eigenvalue weighted by atomic mass is 10.0. The van der Waals surface area contributed by atoms with Crippen molar-refractivity contribution in [2.45, 2.75) is 43.4 Å². The Balaban J connectivity index is 1.53. The fourth-order valence-corrected chi connectivity index (χ4v) is 7.00. The number of rotatable bonds is 6. The van der Waals surface area contributed by atoms with Crippen molar-refractivity contribution >= 4 is 46.7 Å². The Kier molecular flexibility index (Phi) is 7.76. The van der Waals surface area contributed by atoms with E-state index in [1.54, 1.807) is 23.1 Å². The van der Waals surface area contributed by atoms with Crippen molar-refractivity contribution in [1.29, 1.82) is 0 Å². The van der Waals surface area contributed by atoms with Gasteiger partial charge in [0.1, 0.15) is 0 Å². The van der Waals surface area contributed by atoms with Crippen LogP contribution in [-0.2, 0) is 16.0 Å². The largest absolute Gasteiger partial charge is 0.343 e. The Hall–Kier alpha value is -0.660. The molecule has 0 spiro atoms. The first-order valence-corrected chi connectivity index (χ1v) is 12.5. The summed E-state index contributed by atoms with van der Waals surface area (Å²) in [4.78, 5) is 30.7. The average molecular weight is 413 g/mol. The molecule has 3 rings (SSSR count). The van der Waals surface area contributed by atoms with Gasteiger partial charge in [0.15, 0.2) is 0 Å². The number of thiophene rings is 1. The fourth-order valence-electron chi connectivity index (χ4n) is 3.63. The maximum Gasteiger partial charge on any atom is 0.236 e. The lowest BCUT2D eigenvalue weighted by molar-refractivity contribution is -0.138. The molecule has 4 nitrogen and oxygen atoms in total. The second-order valence-electron chi connectivity index (χ2n) is 6.97. The summed E-state index contributed by atoms with van der Waals surface area (Å²) in [6.45, 7) is 1.51. The van der Waals surface area contributed by atoms with Crippen molar-refractivity contribution in [2.75, 3.05) is 37.4 Å². The van der Waals surface area contributed by atoms with Gasteiger partial charge >= 0.3 is 0 Å². The number of carbonyl (C=O) groups is 2. The molecule has 2 amide bonds. The molecule has 1 aromatic heterocycles. The number of carbonyl (C=O) groups excluding carboxylic acids is 2. The van der Waals surface area contributed by atoms with Crippen LogP contribution in [0.2, 0.25) is 0 Å². The van der Waals surface area contributed by atoms with E-state index in [1.165, 1.54) is 4.88 Å². The molecule has 2 aliphatic rings. The zero-order valence-corrected chi connectivity index (χ0v) is 17.8. The van der Waals surface area contributed by atoms with E-state index in [2.05, 4.69) is 11.4 Å². The number of nitrogens with zero attached hydrogens (tertiary/aromatic N) is 2. The molecule has 0 N–H and O–H groups in total. The molecule has 2 atom stereocenters. The van der Waals surface area contributed by atoms with E-state index < -0.39 is 0 Å². The number of amides is 2. The highest BCUT2D eigenvalue weighted by atomic mass is 32.2. The van der Waals surface area contributed by atoms with Crippen LogP contribution < -0.4 is 0 Å². The molecule has 0 aromatic carbocycles. The maximum atomic E-state index is 12.8. The lowest BCUT2D eigenvalue weighted by Crippen LogP contribution is -2.51. The summed E-state index contributed by atoms with van der Waals surface area (Å²) in [6, 6.07) is 4.31. The monoisotopic (exact) mass is 412 g/mol. The van der Waals surface area contributed by atoms with Gasteiger partial charge in [-0.1, -0.05) is 6.07 Å². The lowest BCUT2D eigenvalue weighted by Gasteiger charge is -2.38. The van der Waals surface area contributed by atoms with Crippen LogP contribution in [0.1, 0.15) is 30.6 Å². The minimum atomic E-state index is 0.0883. The smallest absolute Gasteiger partial charge is 0.236 e. The highest BCUT2D eigenvalue weighted by Gasteiger charge is 2.31. The van der Waals surface area contributed by atoms with Gasteiger partial charge < -0.3 is 9.80 Å². The molecular formula is C19H28N2O2S3. The fraction of sp³-hybridized carbons (Fsp3) is 0.684.